The molecule has 6 heterocycles. The van der Waals surface area contributed by atoms with E-state index >= 15 is 0 Å². The summed E-state index contributed by atoms with van der Waals surface area (Å²) >= 11 is 0. The van der Waals surface area contributed by atoms with E-state index in [9.17, 15) is 26.3 Å². The molecule has 14 nitrogen and oxygen atoms in total. The normalized spacial score (nSPS) is 16.2. The second-order valence-corrected chi connectivity index (χ2v) is 13.4. The zero-order valence-corrected chi connectivity index (χ0v) is 32.1. The topological polar surface area (TPSA) is 142 Å². The third kappa shape index (κ3) is 10.7. The van der Waals surface area contributed by atoms with E-state index in [1.165, 1.54) is 48.5 Å². The van der Waals surface area contributed by atoms with Gasteiger partial charge in [0.05, 0.1) is 59.4 Å². The van der Waals surface area contributed by atoms with Crippen molar-refractivity contribution in [1.82, 2.24) is 29.5 Å². The summed E-state index contributed by atoms with van der Waals surface area (Å²) in [7, 11) is 3.70. The van der Waals surface area contributed by atoms with E-state index in [-0.39, 0.29) is 11.5 Å². The van der Waals surface area contributed by atoms with Crippen molar-refractivity contribution in [3.8, 4) is 45.8 Å². The molecule has 8 rings (SSSR count). The molecule has 60 heavy (non-hydrogen) atoms. The fraction of sp³-hybridized carbons (Fsp3) is 0.250. The molecule has 0 saturated carbocycles. The van der Waals surface area contributed by atoms with Crippen molar-refractivity contribution >= 4 is 11.8 Å². The highest BCUT2D eigenvalue weighted by atomic mass is 19.4. The van der Waals surface area contributed by atoms with Crippen LogP contribution >= 0.6 is 0 Å². The molecule has 2 aliphatic rings. The Balaban J connectivity index is 0.000000181. The van der Waals surface area contributed by atoms with Gasteiger partial charge in [0.2, 0.25) is 11.8 Å². The van der Waals surface area contributed by atoms with Crippen LogP contribution in [0.3, 0.4) is 0 Å². The first-order valence-corrected chi connectivity index (χ1v) is 18.0. The number of rotatable bonds is 8. The number of alkyl halides is 6. The van der Waals surface area contributed by atoms with Gasteiger partial charge >= 0.3 is 12.7 Å². The predicted molar refractivity (Wildman–Crippen MR) is 202 cm³/mol. The monoisotopic (exact) mass is 836 g/mol. The van der Waals surface area contributed by atoms with Gasteiger partial charge in [0.15, 0.2) is 12.2 Å². The van der Waals surface area contributed by atoms with Crippen LogP contribution in [-0.2, 0) is 23.8 Å². The number of aryl methyl sites for hydroxylation is 4. The molecule has 2 aliphatic heterocycles. The number of nitrogens with zero attached hydrogens (tertiary/aromatic N) is 8. The number of ether oxygens (including phenoxy) is 4. The number of halogens is 6. The molecule has 312 valence electrons. The lowest BCUT2D eigenvalue weighted by atomic mass is 10.1. The van der Waals surface area contributed by atoms with Gasteiger partial charge < -0.3 is 28.6 Å². The van der Waals surface area contributed by atoms with Gasteiger partial charge in [-0.25, -0.2) is 0 Å². The summed E-state index contributed by atoms with van der Waals surface area (Å²) in [4.78, 5) is 19.5. The highest BCUT2D eigenvalue weighted by Crippen LogP contribution is 2.33. The first kappa shape index (κ1) is 41.1. The first-order valence-electron chi connectivity index (χ1n) is 18.0. The Kier molecular flexibility index (Phi) is 11.6. The largest absolute Gasteiger partial charge is 0.573 e. The van der Waals surface area contributed by atoms with Crippen LogP contribution in [0.1, 0.15) is 47.6 Å². The van der Waals surface area contributed by atoms with Crippen LogP contribution in [-0.4, -0.2) is 54.0 Å². The van der Waals surface area contributed by atoms with E-state index in [1.54, 1.807) is 33.9 Å². The van der Waals surface area contributed by atoms with Gasteiger partial charge in [0.1, 0.15) is 23.0 Å². The summed E-state index contributed by atoms with van der Waals surface area (Å²) < 4.78 is 96.2. The third-order valence-electron chi connectivity index (χ3n) is 8.73. The second kappa shape index (κ2) is 17.0. The lowest BCUT2D eigenvalue weighted by Gasteiger charge is -2.11. The lowest BCUT2D eigenvalue weighted by molar-refractivity contribution is -0.275. The number of pyridine rings is 2. The molecular weight excluding hydrogens is 802 g/mol. The van der Waals surface area contributed by atoms with Crippen molar-refractivity contribution in [3.63, 3.8) is 0 Å². The number of hydrogen-bond acceptors (Lipinski definition) is 12. The summed E-state index contributed by atoms with van der Waals surface area (Å²) in [6, 6.07) is 22.0. The van der Waals surface area contributed by atoms with Gasteiger partial charge in [0, 0.05) is 14.1 Å². The molecule has 2 atom stereocenters. The van der Waals surface area contributed by atoms with E-state index in [1.807, 2.05) is 52.2 Å². The highest BCUT2D eigenvalue weighted by Gasteiger charge is 2.33. The Hall–Kier alpha value is -7.12. The molecule has 0 N–H and O–H groups in total. The van der Waals surface area contributed by atoms with E-state index in [4.69, 9.17) is 19.1 Å². The van der Waals surface area contributed by atoms with Crippen LogP contribution in [0.5, 0.6) is 23.0 Å². The van der Waals surface area contributed by atoms with Crippen LogP contribution in [0.2, 0.25) is 0 Å². The van der Waals surface area contributed by atoms with Crippen molar-refractivity contribution in [2.45, 2.75) is 51.6 Å². The van der Waals surface area contributed by atoms with Crippen molar-refractivity contribution in [3.05, 3.63) is 120 Å². The van der Waals surface area contributed by atoms with Gasteiger partial charge in [-0.05, 0) is 85.6 Å². The highest BCUT2D eigenvalue weighted by molar-refractivity contribution is 5.80. The Morgan fingerprint density at radius 1 is 0.550 bits per heavy atom. The number of oxime groups is 2. The fourth-order valence-electron chi connectivity index (χ4n) is 6.11. The molecule has 0 fully saturated rings. The molecule has 4 aromatic heterocycles. The summed E-state index contributed by atoms with van der Waals surface area (Å²) in [5.41, 5.74) is 6.41. The summed E-state index contributed by atoms with van der Waals surface area (Å²) in [6.45, 7) is 3.82. The van der Waals surface area contributed by atoms with Crippen LogP contribution in [0.4, 0.5) is 26.3 Å². The van der Waals surface area contributed by atoms with Crippen LogP contribution in [0, 0.1) is 13.8 Å². The average molecular weight is 837 g/mol. The van der Waals surface area contributed by atoms with E-state index in [2.05, 4.69) is 40.0 Å². The Morgan fingerprint density at radius 2 is 0.917 bits per heavy atom. The third-order valence-corrected chi connectivity index (χ3v) is 8.73. The maximum Gasteiger partial charge on any atom is 0.573 e. The molecule has 0 amide bonds. The van der Waals surface area contributed by atoms with Crippen LogP contribution in [0.25, 0.3) is 22.8 Å². The molecule has 2 aromatic carbocycles. The Morgan fingerprint density at radius 3 is 1.22 bits per heavy atom. The lowest BCUT2D eigenvalue weighted by Crippen LogP contribution is -2.17. The smallest absolute Gasteiger partial charge is 0.438 e. The minimum Gasteiger partial charge on any atom is -0.438 e. The van der Waals surface area contributed by atoms with E-state index in [0.717, 1.165) is 34.2 Å². The van der Waals surface area contributed by atoms with Gasteiger partial charge in [-0.1, -0.05) is 34.6 Å². The van der Waals surface area contributed by atoms with Crippen LogP contribution in [0.15, 0.2) is 108 Å². The summed E-state index contributed by atoms with van der Waals surface area (Å²) in [5, 5.41) is 16.4. The van der Waals surface area contributed by atoms with Crippen molar-refractivity contribution in [2.75, 3.05) is 0 Å². The van der Waals surface area contributed by atoms with Crippen LogP contribution < -0.4 is 18.9 Å². The second-order valence-electron chi connectivity index (χ2n) is 13.4. The van der Waals surface area contributed by atoms with E-state index < -0.39 is 24.9 Å². The summed E-state index contributed by atoms with van der Waals surface area (Å²) in [6.07, 6.45) is -6.53. The molecule has 6 aromatic rings. The standard InChI is InChI=1S/2C20H17F3N4O3/c2*1-12-9-17(27(2)25-12)16-8-7-15(11-24-16)28-19-10-18(30-26-19)13-3-5-14(6-4-13)29-20(21,22)23/h2*3-9,11,18H,10H2,1-2H3/t2*18-/m10/s1. The molecule has 0 unspecified atom stereocenters. The van der Waals surface area contributed by atoms with Crippen molar-refractivity contribution in [2.24, 2.45) is 24.4 Å². The molecule has 0 saturated heterocycles. The zero-order chi connectivity index (χ0) is 42.6. The predicted octanol–water partition coefficient (Wildman–Crippen LogP) is 9.09. The average Bonchev–Trinajstić information content (AvgIpc) is 4.00. The number of hydrogen-bond donors (Lipinski definition) is 0. The zero-order valence-electron chi connectivity index (χ0n) is 32.1. The summed E-state index contributed by atoms with van der Waals surface area (Å²) in [5.74, 6) is 1.10. The van der Waals surface area contributed by atoms with Gasteiger partial charge in [0.25, 0.3) is 0 Å². The van der Waals surface area contributed by atoms with Crippen molar-refractivity contribution < 1.29 is 55.0 Å². The molecule has 0 spiro atoms. The maximum atomic E-state index is 12.3. The molecule has 0 bridgehead atoms. The first-order chi connectivity index (χ1) is 28.5. The SMILES string of the molecule is Cc1cc(-c2ccc(OC3=NO[C@@H](c4ccc(OC(F)(F)F)cc4)C3)cn2)n(C)n1.Cc1cc(-c2ccc(OC3=NO[C@H](c4ccc(OC(F)(F)F)cc4)C3)cn2)n(C)n1. The molecule has 20 heteroatoms. The molecule has 0 aliphatic carbocycles. The minimum atomic E-state index is -4.73. The fourth-order valence-corrected chi connectivity index (χ4v) is 6.11. The quantitative estimate of drug-likeness (QED) is 0.136. The Bertz CT molecular complexity index is 2290. The number of benzene rings is 2. The van der Waals surface area contributed by atoms with E-state index in [0.29, 0.717) is 47.3 Å². The van der Waals surface area contributed by atoms with Gasteiger partial charge in [-0.2, -0.15) is 10.2 Å². The molecular formula is C40H34F6N8O6. The molecule has 0 radical (unpaired) electrons. The minimum absolute atomic E-state index is 0.295. The van der Waals surface area contributed by atoms with Crippen molar-refractivity contribution in [1.29, 1.82) is 0 Å². The Labute approximate surface area is 337 Å². The number of aromatic nitrogens is 6. The van der Waals surface area contributed by atoms with Gasteiger partial charge in [-0.3, -0.25) is 19.3 Å². The maximum absolute atomic E-state index is 12.3. The van der Waals surface area contributed by atoms with Gasteiger partial charge in [-0.15, -0.1) is 26.3 Å².